The fraction of sp³-hybridized carbons (Fsp3) is 0.160. The lowest BCUT2D eigenvalue weighted by molar-refractivity contribution is -0.117. The highest BCUT2D eigenvalue weighted by Gasteiger charge is 2.15. The SMILES string of the molecule is CNC(C)C(=O)Nc1ccc(-c2cc(N[O-])cc(C(=O)OC)c2)c(C#Cc2ccccc2)n1. The molecule has 1 aromatic heterocycles. The predicted molar refractivity (Wildman–Crippen MR) is 128 cm³/mol. The summed E-state index contributed by atoms with van der Waals surface area (Å²) in [4.78, 5) is 28.9. The number of benzene rings is 2. The van der Waals surface area contributed by atoms with Gasteiger partial charge in [0.15, 0.2) is 0 Å². The van der Waals surface area contributed by atoms with Gasteiger partial charge in [0, 0.05) is 16.8 Å². The van der Waals surface area contributed by atoms with E-state index in [-0.39, 0.29) is 17.2 Å². The Morgan fingerprint density at radius 1 is 1.06 bits per heavy atom. The Morgan fingerprint density at radius 3 is 2.48 bits per heavy atom. The van der Waals surface area contributed by atoms with Crippen LogP contribution in [0.2, 0.25) is 0 Å². The molecule has 0 bridgehead atoms. The van der Waals surface area contributed by atoms with E-state index in [1.165, 1.54) is 13.2 Å². The maximum Gasteiger partial charge on any atom is 0.337 e. The number of rotatable bonds is 6. The quantitative estimate of drug-likeness (QED) is 0.304. The molecule has 0 aliphatic heterocycles. The number of aromatic nitrogens is 1. The number of nitrogens with zero attached hydrogens (tertiary/aromatic N) is 1. The van der Waals surface area contributed by atoms with Crippen LogP contribution in [0.15, 0.2) is 60.7 Å². The van der Waals surface area contributed by atoms with Crippen molar-refractivity contribution in [1.82, 2.24) is 10.3 Å². The molecule has 3 rings (SSSR count). The number of anilines is 2. The van der Waals surface area contributed by atoms with E-state index >= 15 is 0 Å². The summed E-state index contributed by atoms with van der Waals surface area (Å²) in [5, 5.41) is 17.0. The minimum absolute atomic E-state index is 0.190. The summed E-state index contributed by atoms with van der Waals surface area (Å²) in [5.41, 5.74) is 4.49. The van der Waals surface area contributed by atoms with Gasteiger partial charge in [-0.05, 0) is 67.9 Å². The lowest BCUT2D eigenvalue weighted by atomic mass is 10.00. The van der Waals surface area contributed by atoms with Crippen LogP contribution >= 0.6 is 0 Å². The average Bonchev–Trinajstić information content (AvgIpc) is 2.86. The average molecular weight is 443 g/mol. The molecular formula is C25H23N4O4-. The van der Waals surface area contributed by atoms with Crippen LogP contribution in [0.4, 0.5) is 11.5 Å². The molecule has 0 saturated heterocycles. The molecule has 3 aromatic rings. The third-order valence-electron chi connectivity index (χ3n) is 4.85. The molecule has 1 heterocycles. The van der Waals surface area contributed by atoms with Crippen molar-refractivity contribution < 1.29 is 14.3 Å². The minimum Gasteiger partial charge on any atom is -0.761 e. The number of amides is 1. The molecule has 0 radical (unpaired) electrons. The Morgan fingerprint density at radius 2 is 1.82 bits per heavy atom. The molecule has 0 aliphatic rings. The van der Waals surface area contributed by atoms with Crippen LogP contribution < -0.4 is 16.1 Å². The van der Waals surface area contributed by atoms with Crippen molar-refractivity contribution in [2.24, 2.45) is 0 Å². The fourth-order valence-electron chi connectivity index (χ4n) is 2.95. The smallest absolute Gasteiger partial charge is 0.337 e. The molecule has 168 valence electrons. The molecule has 1 unspecified atom stereocenters. The second kappa shape index (κ2) is 10.9. The molecule has 0 spiro atoms. The Labute approximate surface area is 192 Å². The van der Waals surface area contributed by atoms with Gasteiger partial charge < -0.3 is 26.1 Å². The largest absolute Gasteiger partial charge is 0.761 e. The normalized spacial score (nSPS) is 11.0. The maximum atomic E-state index is 12.3. The summed E-state index contributed by atoms with van der Waals surface area (Å²) in [6.45, 7) is 1.73. The highest BCUT2D eigenvalue weighted by atomic mass is 16.5. The summed E-state index contributed by atoms with van der Waals surface area (Å²) < 4.78 is 4.79. The molecule has 0 fully saturated rings. The van der Waals surface area contributed by atoms with Crippen molar-refractivity contribution in [1.29, 1.82) is 0 Å². The van der Waals surface area contributed by atoms with Crippen LogP contribution in [-0.2, 0) is 9.53 Å². The zero-order valence-corrected chi connectivity index (χ0v) is 18.4. The Bertz CT molecular complexity index is 1220. The molecule has 0 saturated carbocycles. The number of hydrogen-bond acceptors (Lipinski definition) is 7. The van der Waals surface area contributed by atoms with Crippen molar-refractivity contribution in [2.75, 3.05) is 25.0 Å². The second-order valence-corrected chi connectivity index (χ2v) is 7.10. The van der Waals surface area contributed by atoms with Gasteiger partial charge in [-0.2, -0.15) is 0 Å². The van der Waals surface area contributed by atoms with Gasteiger partial charge in [0.05, 0.1) is 18.7 Å². The van der Waals surface area contributed by atoms with Gasteiger partial charge in [0.2, 0.25) is 5.91 Å². The van der Waals surface area contributed by atoms with Crippen LogP contribution in [0, 0.1) is 17.0 Å². The maximum absolute atomic E-state index is 12.3. The minimum atomic E-state index is -0.580. The van der Waals surface area contributed by atoms with E-state index < -0.39 is 12.0 Å². The van der Waals surface area contributed by atoms with Crippen LogP contribution in [-0.4, -0.2) is 37.1 Å². The first-order valence-corrected chi connectivity index (χ1v) is 10.1. The molecule has 1 atom stereocenters. The standard InChI is InChI=1S/C25H23N4O4/c1-16(26-2)24(30)28-23-12-10-21(22(27-23)11-9-17-7-5-4-6-8-17)18-13-19(25(31)33-3)15-20(14-18)29-32/h4-8,10,12-16,26,29H,1-3H3,(H,27,28,30)/q-1. The molecule has 1 amide bonds. The monoisotopic (exact) mass is 443 g/mol. The Hall–Kier alpha value is -4.19. The van der Waals surface area contributed by atoms with Crippen molar-refractivity contribution in [2.45, 2.75) is 13.0 Å². The Kier molecular flexibility index (Phi) is 7.76. The number of ether oxygens (including phenoxy) is 1. The number of esters is 1. The lowest BCUT2D eigenvalue weighted by Crippen LogP contribution is -2.35. The number of hydrogen-bond donors (Lipinski definition) is 3. The van der Waals surface area contributed by atoms with E-state index in [1.54, 1.807) is 38.2 Å². The summed E-state index contributed by atoms with van der Waals surface area (Å²) >= 11 is 0. The lowest BCUT2D eigenvalue weighted by Gasteiger charge is -2.15. The number of likely N-dealkylation sites (N-methyl/N-ethyl adjacent to an activating group) is 1. The first kappa shape index (κ1) is 23.5. The predicted octanol–water partition coefficient (Wildman–Crippen LogP) is 3.39. The number of nitrogens with one attached hydrogen (secondary N) is 3. The number of pyridine rings is 1. The zero-order valence-electron chi connectivity index (χ0n) is 18.4. The van der Waals surface area contributed by atoms with Gasteiger partial charge in [-0.1, -0.05) is 24.1 Å². The Balaban J connectivity index is 2.12. The van der Waals surface area contributed by atoms with E-state index in [9.17, 15) is 14.8 Å². The first-order valence-electron chi connectivity index (χ1n) is 10.1. The topological polar surface area (TPSA) is 115 Å². The first-order chi connectivity index (χ1) is 15.9. The van der Waals surface area contributed by atoms with Gasteiger partial charge in [-0.15, -0.1) is 0 Å². The number of carbonyl (C=O) groups is 2. The molecule has 8 nitrogen and oxygen atoms in total. The van der Waals surface area contributed by atoms with E-state index in [4.69, 9.17) is 4.74 Å². The van der Waals surface area contributed by atoms with Gasteiger partial charge in [0.25, 0.3) is 0 Å². The molecule has 2 aromatic carbocycles. The number of carbonyl (C=O) groups excluding carboxylic acids is 2. The summed E-state index contributed by atoms with van der Waals surface area (Å²) in [5.74, 6) is 5.60. The van der Waals surface area contributed by atoms with Crippen LogP contribution in [0.1, 0.15) is 28.5 Å². The number of methoxy groups -OCH3 is 1. The van der Waals surface area contributed by atoms with E-state index in [0.29, 0.717) is 22.6 Å². The van der Waals surface area contributed by atoms with Crippen molar-refractivity contribution >= 4 is 23.4 Å². The van der Waals surface area contributed by atoms with Gasteiger partial charge >= 0.3 is 5.97 Å². The van der Waals surface area contributed by atoms with Gasteiger partial charge in [-0.3, -0.25) is 4.79 Å². The molecular weight excluding hydrogens is 420 g/mol. The zero-order chi connectivity index (χ0) is 23.8. The van der Waals surface area contributed by atoms with E-state index in [1.807, 2.05) is 35.8 Å². The van der Waals surface area contributed by atoms with Crippen LogP contribution in [0.5, 0.6) is 0 Å². The second-order valence-electron chi connectivity index (χ2n) is 7.10. The van der Waals surface area contributed by atoms with Gasteiger partial charge in [0.1, 0.15) is 11.5 Å². The third-order valence-corrected chi connectivity index (χ3v) is 4.85. The third kappa shape index (κ3) is 5.95. The fourth-order valence-corrected chi connectivity index (χ4v) is 2.95. The molecule has 33 heavy (non-hydrogen) atoms. The van der Waals surface area contributed by atoms with Crippen LogP contribution in [0.3, 0.4) is 0 Å². The molecule has 0 aliphatic carbocycles. The summed E-state index contributed by atoms with van der Waals surface area (Å²) in [7, 11) is 2.95. The van der Waals surface area contributed by atoms with E-state index in [2.05, 4.69) is 27.5 Å². The van der Waals surface area contributed by atoms with Crippen molar-refractivity contribution in [3.8, 4) is 23.0 Å². The molecule has 8 heteroatoms. The van der Waals surface area contributed by atoms with Gasteiger partial charge in [-0.25, -0.2) is 9.78 Å². The van der Waals surface area contributed by atoms with Crippen molar-refractivity contribution in [3.05, 3.63) is 82.7 Å². The molecule has 3 N–H and O–H groups in total. The summed E-state index contributed by atoms with van der Waals surface area (Å²) in [6.07, 6.45) is 0. The van der Waals surface area contributed by atoms with Crippen molar-refractivity contribution in [3.63, 3.8) is 0 Å². The highest BCUT2D eigenvalue weighted by molar-refractivity contribution is 5.95. The summed E-state index contributed by atoms with van der Waals surface area (Å²) in [6, 6.07) is 16.9. The van der Waals surface area contributed by atoms with E-state index in [0.717, 1.165) is 5.56 Å². The van der Waals surface area contributed by atoms with Crippen LogP contribution in [0.25, 0.3) is 11.1 Å². The highest BCUT2D eigenvalue weighted by Crippen LogP contribution is 2.28.